The number of hydrogen-bond acceptors (Lipinski definition) is 4. The number of nitrogens with zero attached hydrogens (tertiary/aromatic N) is 2. The number of para-hydroxylation sites is 1. The van der Waals surface area contributed by atoms with Gasteiger partial charge in [0.2, 0.25) is 0 Å². The Kier molecular flexibility index (Phi) is 8.86. The Bertz CT molecular complexity index is 797. The highest BCUT2D eigenvalue weighted by atomic mass is 32.1. The van der Waals surface area contributed by atoms with Gasteiger partial charge in [-0.2, -0.15) is 0 Å². The lowest BCUT2D eigenvalue weighted by atomic mass is 10.2. The van der Waals surface area contributed by atoms with Crippen molar-refractivity contribution in [3.05, 3.63) is 59.9 Å². The van der Waals surface area contributed by atoms with E-state index in [1.165, 1.54) is 12.1 Å². The van der Waals surface area contributed by atoms with E-state index in [1.54, 1.807) is 12.1 Å². The van der Waals surface area contributed by atoms with Crippen LogP contribution in [0, 0.1) is 5.82 Å². The van der Waals surface area contributed by atoms with Crippen LogP contribution in [0.3, 0.4) is 0 Å². The van der Waals surface area contributed by atoms with Gasteiger partial charge in [0, 0.05) is 44.0 Å². The Morgan fingerprint density at radius 1 is 1.17 bits per heavy atom. The fourth-order valence-electron chi connectivity index (χ4n) is 3.43. The Labute approximate surface area is 183 Å². The van der Waals surface area contributed by atoms with Crippen molar-refractivity contribution in [2.24, 2.45) is 0 Å². The van der Waals surface area contributed by atoms with Crippen LogP contribution in [-0.2, 0) is 11.3 Å². The first-order valence-electron chi connectivity index (χ1n) is 10.5. The summed E-state index contributed by atoms with van der Waals surface area (Å²) in [6.45, 7) is 8.62. The molecule has 0 aromatic heterocycles. The van der Waals surface area contributed by atoms with Crippen LogP contribution < -0.4 is 10.1 Å². The molecule has 1 aliphatic heterocycles. The van der Waals surface area contributed by atoms with Crippen molar-refractivity contribution in [2.45, 2.75) is 19.9 Å². The normalized spacial score (nSPS) is 14.3. The summed E-state index contributed by atoms with van der Waals surface area (Å²) in [4.78, 5) is 4.57. The van der Waals surface area contributed by atoms with Crippen molar-refractivity contribution in [2.75, 3.05) is 51.3 Å². The highest BCUT2D eigenvalue weighted by Crippen LogP contribution is 2.21. The van der Waals surface area contributed by atoms with Gasteiger partial charge in [0.15, 0.2) is 5.11 Å². The zero-order valence-electron chi connectivity index (χ0n) is 17.5. The van der Waals surface area contributed by atoms with Gasteiger partial charge < -0.3 is 19.7 Å². The van der Waals surface area contributed by atoms with Crippen LogP contribution in [0.2, 0.25) is 0 Å². The highest BCUT2D eigenvalue weighted by molar-refractivity contribution is 7.80. The van der Waals surface area contributed by atoms with Crippen LogP contribution in [0.1, 0.15) is 18.9 Å². The minimum Gasteiger partial charge on any atom is -0.494 e. The number of ether oxygens (including phenoxy) is 2. The molecule has 5 nitrogen and oxygen atoms in total. The number of thiocarbonyl (C=S) groups is 1. The molecular weight excluding hydrogens is 401 g/mol. The van der Waals surface area contributed by atoms with Crippen molar-refractivity contribution < 1.29 is 13.9 Å². The molecule has 1 fully saturated rings. The Balaban J connectivity index is 1.66. The van der Waals surface area contributed by atoms with Gasteiger partial charge in [-0.05, 0) is 55.9 Å². The SMILES string of the molecule is CCOc1ccccc1CN(CCCN1CCOCC1)C(=S)Nc1ccc(F)cc1. The number of morpholine rings is 1. The molecule has 2 aromatic rings. The number of anilines is 1. The number of halogens is 1. The molecule has 0 radical (unpaired) electrons. The predicted octanol–water partition coefficient (Wildman–Crippen LogP) is 4.15. The topological polar surface area (TPSA) is 37.0 Å². The molecule has 2 aromatic carbocycles. The summed E-state index contributed by atoms with van der Waals surface area (Å²) in [6.07, 6.45) is 0.988. The molecule has 162 valence electrons. The molecule has 0 atom stereocenters. The third-order valence-electron chi connectivity index (χ3n) is 5.02. The van der Waals surface area contributed by atoms with Crippen molar-refractivity contribution in [3.63, 3.8) is 0 Å². The van der Waals surface area contributed by atoms with E-state index in [2.05, 4.69) is 21.2 Å². The first-order valence-corrected chi connectivity index (χ1v) is 10.9. The van der Waals surface area contributed by atoms with Crippen LogP contribution in [0.25, 0.3) is 0 Å². The number of nitrogens with one attached hydrogen (secondary N) is 1. The second-order valence-electron chi connectivity index (χ2n) is 7.21. The van der Waals surface area contributed by atoms with Crippen LogP contribution in [0.15, 0.2) is 48.5 Å². The first kappa shape index (κ1) is 22.5. The fraction of sp³-hybridized carbons (Fsp3) is 0.435. The van der Waals surface area contributed by atoms with Crippen LogP contribution in [0.5, 0.6) is 5.75 Å². The summed E-state index contributed by atoms with van der Waals surface area (Å²) in [5.74, 6) is 0.613. The van der Waals surface area contributed by atoms with E-state index in [0.29, 0.717) is 18.3 Å². The summed E-state index contributed by atoms with van der Waals surface area (Å²) < 4.78 is 24.5. The summed E-state index contributed by atoms with van der Waals surface area (Å²) in [6, 6.07) is 14.3. The summed E-state index contributed by atoms with van der Waals surface area (Å²) >= 11 is 5.71. The molecular formula is C23H30FN3O2S. The van der Waals surface area contributed by atoms with E-state index in [9.17, 15) is 4.39 Å². The van der Waals surface area contributed by atoms with Gasteiger partial charge in [-0.1, -0.05) is 18.2 Å². The minimum atomic E-state index is -0.264. The maximum Gasteiger partial charge on any atom is 0.173 e. The molecule has 0 amide bonds. The molecule has 7 heteroatoms. The summed E-state index contributed by atoms with van der Waals surface area (Å²) in [5.41, 5.74) is 1.87. The van der Waals surface area contributed by atoms with Crippen molar-refractivity contribution in [3.8, 4) is 5.75 Å². The standard InChI is InChI=1S/C23H30FN3O2S/c1-2-29-22-7-4-3-6-19(22)18-27(13-5-12-26-14-16-28-17-15-26)23(30)25-21-10-8-20(24)9-11-21/h3-4,6-11H,2,5,12-18H2,1H3,(H,25,30). The zero-order valence-corrected chi connectivity index (χ0v) is 18.3. The largest absolute Gasteiger partial charge is 0.494 e. The smallest absolute Gasteiger partial charge is 0.173 e. The molecule has 30 heavy (non-hydrogen) atoms. The average molecular weight is 432 g/mol. The molecule has 1 saturated heterocycles. The molecule has 1 heterocycles. The third-order valence-corrected chi connectivity index (χ3v) is 5.38. The molecule has 1 N–H and O–H groups in total. The lowest BCUT2D eigenvalue weighted by Gasteiger charge is -2.30. The average Bonchev–Trinajstić information content (AvgIpc) is 2.77. The Hall–Kier alpha value is -2.22. The van der Waals surface area contributed by atoms with E-state index in [4.69, 9.17) is 21.7 Å². The van der Waals surface area contributed by atoms with Gasteiger partial charge in [0.1, 0.15) is 11.6 Å². The van der Waals surface area contributed by atoms with Gasteiger partial charge in [0.05, 0.1) is 19.8 Å². The van der Waals surface area contributed by atoms with E-state index in [0.717, 1.165) is 62.8 Å². The van der Waals surface area contributed by atoms with E-state index in [1.807, 2.05) is 25.1 Å². The number of hydrogen-bond donors (Lipinski definition) is 1. The third kappa shape index (κ3) is 6.93. The lowest BCUT2D eigenvalue weighted by Crippen LogP contribution is -2.40. The Morgan fingerprint density at radius 3 is 2.63 bits per heavy atom. The van der Waals surface area contributed by atoms with Crippen LogP contribution in [0.4, 0.5) is 10.1 Å². The maximum absolute atomic E-state index is 13.2. The van der Waals surface area contributed by atoms with E-state index >= 15 is 0 Å². The zero-order chi connectivity index (χ0) is 21.2. The van der Waals surface area contributed by atoms with Gasteiger partial charge in [-0.25, -0.2) is 4.39 Å². The second-order valence-corrected chi connectivity index (χ2v) is 7.59. The number of rotatable bonds is 9. The van der Waals surface area contributed by atoms with Gasteiger partial charge >= 0.3 is 0 Å². The van der Waals surface area contributed by atoms with Crippen LogP contribution >= 0.6 is 12.2 Å². The van der Waals surface area contributed by atoms with Crippen LogP contribution in [-0.4, -0.2) is 60.9 Å². The summed E-state index contributed by atoms with van der Waals surface area (Å²) in [7, 11) is 0. The van der Waals surface area contributed by atoms with E-state index in [-0.39, 0.29) is 5.82 Å². The molecule has 0 saturated carbocycles. The minimum absolute atomic E-state index is 0.264. The van der Waals surface area contributed by atoms with Gasteiger partial charge in [-0.15, -0.1) is 0 Å². The quantitative estimate of drug-likeness (QED) is 0.602. The molecule has 0 spiro atoms. The van der Waals surface area contributed by atoms with E-state index < -0.39 is 0 Å². The molecule has 0 bridgehead atoms. The molecule has 0 aliphatic carbocycles. The second kappa shape index (κ2) is 11.8. The molecule has 3 rings (SSSR count). The molecule has 0 unspecified atom stereocenters. The lowest BCUT2D eigenvalue weighted by molar-refractivity contribution is 0.0367. The van der Waals surface area contributed by atoms with Crippen molar-refractivity contribution >= 4 is 23.0 Å². The Morgan fingerprint density at radius 2 is 1.90 bits per heavy atom. The fourth-order valence-corrected chi connectivity index (χ4v) is 3.71. The maximum atomic E-state index is 13.2. The van der Waals surface area contributed by atoms with Gasteiger partial charge in [0.25, 0.3) is 0 Å². The predicted molar refractivity (Wildman–Crippen MR) is 123 cm³/mol. The monoisotopic (exact) mass is 431 g/mol. The molecule has 1 aliphatic rings. The first-order chi connectivity index (χ1) is 14.7. The highest BCUT2D eigenvalue weighted by Gasteiger charge is 2.15. The van der Waals surface area contributed by atoms with Crippen molar-refractivity contribution in [1.82, 2.24) is 9.80 Å². The number of benzene rings is 2. The summed E-state index contributed by atoms with van der Waals surface area (Å²) in [5, 5.41) is 3.87. The van der Waals surface area contributed by atoms with Gasteiger partial charge in [-0.3, -0.25) is 4.90 Å². The van der Waals surface area contributed by atoms with Crippen molar-refractivity contribution in [1.29, 1.82) is 0 Å².